The van der Waals surface area contributed by atoms with Gasteiger partial charge >= 0.3 is 5.97 Å². The topological polar surface area (TPSA) is 71.4 Å². The predicted molar refractivity (Wildman–Crippen MR) is 74.5 cm³/mol. The van der Waals surface area contributed by atoms with Crippen LogP contribution in [0.15, 0.2) is 58.3 Å². The monoisotopic (exact) mass is 288 g/mol. The lowest BCUT2D eigenvalue weighted by Gasteiger charge is -2.09. The summed E-state index contributed by atoms with van der Waals surface area (Å²) in [6.07, 6.45) is 0. The molecule has 102 valence electrons. The molecule has 4 nitrogen and oxygen atoms in total. The number of carboxylic acids is 1. The van der Waals surface area contributed by atoms with Crippen molar-refractivity contribution >= 4 is 22.6 Å². The van der Waals surface area contributed by atoms with E-state index < -0.39 is 16.8 Å². The van der Waals surface area contributed by atoms with E-state index in [0.717, 1.165) is 0 Å². The zero-order valence-corrected chi connectivity index (χ0v) is 11.5. The van der Waals surface area contributed by atoms with Crippen molar-refractivity contribution in [3.05, 3.63) is 59.7 Å². The SMILES string of the molecule is CC(=O)c1ccccc1S(=O)c1ccccc1C(=O)O. The second kappa shape index (κ2) is 5.79. The quantitative estimate of drug-likeness (QED) is 0.878. The van der Waals surface area contributed by atoms with Gasteiger partial charge in [-0.25, -0.2) is 9.00 Å². The van der Waals surface area contributed by atoms with Crippen LogP contribution in [0.5, 0.6) is 0 Å². The van der Waals surface area contributed by atoms with Crippen molar-refractivity contribution in [1.29, 1.82) is 0 Å². The van der Waals surface area contributed by atoms with E-state index in [0.29, 0.717) is 10.5 Å². The molecule has 2 aromatic carbocycles. The number of aromatic carboxylic acids is 1. The van der Waals surface area contributed by atoms with E-state index in [1.807, 2.05) is 0 Å². The van der Waals surface area contributed by atoms with Crippen LogP contribution in [0.2, 0.25) is 0 Å². The zero-order valence-electron chi connectivity index (χ0n) is 10.7. The molecule has 0 saturated heterocycles. The van der Waals surface area contributed by atoms with E-state index in [9.17, 15) is 13.8 Å². The van der Waals surface area contributed by atoms with Gasteiger partial charge < -0.3 is 5.11 Å². The van der Waals surface area contributed by atoms with Gasteiger partial charge in [-0.2, -0.15) is 0 Å². The highest BCUT2D eigenvalue weighted by Gasteiger charge is 2.19. The number of carbonyl (C=O) groups is 2. The highest BCUT2D eigenvalue weighted by atomic mass is 32.2. The van der Waals surface area contributed by atoms with Crippen LogP contribution >= 0.6 is 0 Å². The lowest BCUT2D eigenvalue weighted by Crippen LogP contribution is -2.07. The van der Waals surface area contributed by atoms with Gasteiger partial charge in [0, 0.05) is 5.56 Å². The number of Topliss-reactive ketones (excluding diaryl/α,β-unsaturated/α-hetero) is 1. The van der Waals surface area contributed by atoms with E-state index in [-0.39, 0.29) is 16.2 Å². The van der Waals surface area contributed by atoms with Gasteiger partial charge in [-0.05, 0) is 25.1 Å². The first kappa shape index (κ1) is 14.1. The van der Waals surface area contributed by atoms with Gasteiger partial charge in [0.2, 0.25) is 0 Å². The minimum Gasteiger partial charge on any atom is -0.478 e. The third kappa shape index (κ3) is 2.67. The lowest BCUT2D eigenvalue weighted by atomic mass is 10.1. The Balaban J connectivity index is 2.59. The average Bonchev–Trinajstić information content (AvgIpc) is 2.46. The van der Waals surface area contributed by atoms with E-state index in [1.165, 1.54) is 19.1 Å². The summed E-state index contributed by atoms with van der Waals surface area (Å²) in [5.41, 5.74) is 0.315. The Bertz CT molecular complexity index is 647. The van der Waals surface area contributed by atoms with Gasteiger partial charge in [-0.1, -0.05) is 30.3 Å². The third-order valence-corrected chi connectivity index (χ3v) is 4.29. The van der Waals surface area contributed by atoms with E-state index in [4.69, 9.17) is 5.11 Å². The standard InChI is InChI=1S/C15H12O4S/c1-10(16)11-6-2-4-8-13(11)20(19)14-9-5-3-7-12(14)15(17)18/h2-9H,1H3,(H,17,18). The van der Waals surface area contributed by atoms with Crippen LogP contribution in [0.3, 0.4) is 0 Å². The minimum atomic E-state index is -1.71. The number of carboxylic acid groups (broad SMARTS) is 1. The number of carbonyl (C=O) groups excluding carboxylic acids is 1. The summed E-state index contributed by atoms with van der Waals surface area (Å²) in [5.74, 6) is -1.35. The summed E-state index contributed by atoms with van der Waals surface area (Å²) in [4.78, 5) is 23.3. The maximum absolute atomic E-state index is 12.6. The van der Waals surface area contributed by atoms with Crippen LogP contribution in [0.25, 0.3) is 0 Å². The first-order valence-electron chi connectivity index (χ1n) is 5.86. The Morgan fingerprint density at radius 2 is 1.35 bits per heavy atom. The van der Waals surface area contributed by atoms with Crippen LogP contribution in [-0.2, 0) is 10.8 Å². The third-order valence-electron chi connectivity index (χ3n) is 2.78. The maximum Gasteiger partial charge on any atom is 0.336 e. The molecule has 0 aliphatic carbocycles. The number of benzene rings is 2. The Morgan fingerprint density at radius 3 is 1.85 bits per heavy atom. The van der Waals surface area contributed by atoms with Crippen LogP contribution in [0.4, 0.5) is 0 Å². The molecule has 0 amide bonds. The summed E-state index contributed by atoms with van der Waals surface area (Å²) in [6, 6.07) is 12.6. The molecule has 1 N–H and O–H groups in total. The molecule has 2 aromatic rings. The van der Waals surface area contributed by atoms with Crippen molar-refractivity contribution in [3.63, 3.8) is 0 Å². The number of rotatable bonds is 4. The molecule has 0 aromatic heterocycles. The second-order valence-electron chi connectivity index (χ2n) is 4.12. The second-order valence-corrected chi connectivity index (χ2v) is 5.54. The van der Waals surface area contributed by atoms with Gasteiger partial charge in [0.1, 0.15) is 0 Å². The van der Waals surface area contributed by atoms with E-state index in [2.05, 4.69) is 0 Å². The molecular weight excluding hydrogens is 276 g/mol. The number of hydrogen-bond donors (Lipinski definition) is 1. The summed E-state index contributed by atoms with van der Waals surface area (Å²) in [7, 11) is -1.71. The summed E-state index contributed by atoms with van der Waals surface area (Å²) < 4.78 is 12.6. The average molecular weight is 288 g/mol. The molecule has 0 heterocycles. The van der Waals surface area contributed by atoms with Crippen LogP contribution in [-0.4, -0.2) is 21.1 Å². The highest BCUT2D eigenvalue weighted by Crippen LogP contribution is 2.23. The van der Waals surface area contributed by atoms with Crippen molar-refractivity contribution < 1.29 is 18.9 Å². The van der Waals surface area contributed by atoms with Crippen LogP contribution < -0.4 is 0 Å². The molecule has 1 atom stereocenters. The highest BCUT2D eigenvalue weighted by molar-refractivity contribution is 7.85. The minimum absolute atomic E-state index is 0.0239. The van der Waals surface area contributed by atoms with Crippen molar-refractivity contribution in [1.82, 2.24) is 0 Å². The molecule has 2 rings (SSSR count). The predicted octanol–water partition coefficient (Wildman–Crippen LogP) is 2.75. The molecule has 0 saturated carbocycles. The van der Waals surface area contributed by atoms with Crippen molar-refractivity contribution in [2.24, 2.45) is 0 Å². The van der Waals surface area contributed by atoms with Gasteiger partial charge in [-0.15, -0.1) is 0 Å². The van der Waals surface area contributed by atoms with Gasteiger partial charge in [-0.3, -0.25) is 4.79 Å². The lowest BCUT2D eigenvalue weighted by molar-refractivity contribution is 0.0692. The van der Waals surface area contributed by atoms with Crippen LogP contribution in [0.1, 0.15) is 27.6 Å². The van der Waals surface area contributed by atoms with Crippen molar-refractivity contribution in [2.75, 3.05) is 0 Å². The molecule has 0 radical (unpaired) electrons. The Morgan fingerprint density at radius 1 is 0.900 bits per heavy atom. The Kier molecular flexibility index (Phi) is 4.10. The fraction of sp³-hybridized carbons (Fsp3) is 0.0667. The first-order valence-corrected chi connectivity index (χ1v) is 7.01. The molecule has 0 fully saturated rings. The first-order chi connectivity index (χ1) is 9.52. The smallest absolute Gasteiger partial charge is 0.336 e. The summed E-state index contributed by atoms with van der Waals surface area (Å²) in [6.45, 7) is 1.39. The van der Waals surface area contributed by atoms with Crippen molar-refractivity contribution in [3.8, 4) is 0 Å². The fourth-order valence-electron chi connectivity index (χ4n) is 1.84. The Hall–Kier alpha value is -2.27. The normalized spacial score (nSPS) is 11.8. The molecule has 20 heavy (non-hydrogen) atoms. The molecule has 0 spiro atoms. The van der Waals surface area contributed by atoms with Gasteiger partial charge in [0.05, 0.1) is 26.2 Å². The molecule has 0 aliphatic heterocycles. The van der Waals surface area contributed by atoms with Crippen LogP contribution in [0, 0.1) is 0 Å². The van der Waals surface area contributed by atoms with Crippen molar-refractivity contribution in [2.45, 2.75) is 16.7 Å². The molecule has 0 bridgehead atoms. The molecule has 1 unspecified atom stereocenters. The fourth-order valence-corrected chi connectivity index (χ4v) is 3.25. The molecule has 0 aliphatic rings. The maximum atomic E-state index is 12.6. The number of ketones is 1. The van der Waals surface area contributed by atoms with E-state index in [1.54, 1.807) is 36.4 Å². The Labute approximate surface area is 118 Å². The largest absolute Gasteiger partial charge is 0.478 e. The number of hydrogen-bond acceptors (Lipinski definition) is 3. The molecular formula is C15H12O4S. The molecule has 5 heteroatoms. The van der Waals surface area contributed by atoms with Gasteiger partial charge in [0.15, 0.2) is 5.78 Å². The van der Waals surface area contributed by atoms with Gasteiger partial charge in [0.25, 0.3) is 0 Å². The summed E-state index contributed by atoms with van der Waals surface area (Å²) in [5, 5.41) is 9.14. The van der Waals surface area contributed by atoms with E-state index >= 15 is 0 Å². The summed E-state index contributed by atoms with van der Waals surface area (Å²) >= 11 is 0. The zero-order chi connectivity index (χ0) is 14.7.